The first-order valence-corrected chi connectivity index (χ1v) is 9.05. The van der Waals surface area contributed by atoms with Gasteiger partial charge in [-0.15, -0.1) is 0 Å². The first-order valence-electron chi connectivity index (χ1n) is 9.05. The number of hydrogen-bond acceptors (Lipinski definition) is 3. The molecule has 138 valence electrons. The Morgan fingerprint density at radius 3 is 1.96 bits per heavy atom. The molecule has 0 radical (unpaired) electrons. The van der Waals surface area contributed by atoms with Gasteiger partial charge in [0.05, 0.1) is 6.61 Å². The monoisotopic (exact) mass is 354 g/mol. The molecule has 0 bridgehead atoms. The lowest BCUT2D eigenvalue weighted by atomic mass is 10.2. The van der Waals surface area contributed by atoms with Gasteiger partial charge in [-0.1, -0.05) is 38.0 Å². The highest BCUT2D eigenvalue weighted by atomic mass is 16.5. The Morgan fingerprint density at radius 2 is 1.38 bits per heavy atom. The number of hydrogen-bond donors (Lipinski definition) is 2. The van der Waals surface area contributed by atoms with Crippen LogP contribution in [0.15, 0.2) is 54.6 Å². The summed E-state index contributed by atoms with van der Waals surface area (Å²) in [4.78, 5) is 24.0. The molecule has 0 aromatic heterocycles. The van der Waals surface area contributed by atoms with Gasteiger partial charge in [0, 0.05) is 24.2 Å². The summed E-state index contributed by atoms with van der Waals surface area (Å²) in [5.41, 5.74) is 1.17. The fourth-order valence-corrected chi connectivity index (χ4v) is 2.39. The topological polar surface area (TPSA) is 67.4 Å². The summed E-state index contributed by atoms with van der Waals surface area (Å²) in [5, 5.41) is 5.57. The van der Waals surface area contributed by atoms with E-state index in [1.54, 1.807) is 36.4 Å². The number of benzene rings is 2. The molecular weight excluding hydrogens is 328 g/mol. The average Bonchev–Trinajstić information content (AvgIpc) is 2.69. The third-order valence-electron chi connectivity index (χ3n) is 3.87. The Labute approximate surface area is 154 Å². The quantitative estimate of drug-likeness (QED) is 0.643. The van der Waals surface area contributed by atoms with Crippen molar-refractivity contribution in [3.05, 3.63) is 65.7 Å². The fraction of sp³-hybridized carbons (Fsp3) is 0.333. The molecule has 0 saturated heterocycles. The average molecular weight is 354 g/mol. The third-order valence-corrected chi connectivity index (χ3v) is 3.87. The van der Waals surface area contributed by atoms with E-state index in [1.807, 2.05) is 18.2 Å². The predicted molar refractivity (Wildman–Crippen MR) is 103 cm³/mol. The number of rotatable bonds is 10. The number of nitrogens with one attached hydrogen (secondary N) is 2. The van der Waals surface area contributed by atoms with Gasteiger partial charge in [0.25, 0.3) is 11.8 Å². The zero-order valence-electron chi connectivity index (χ0n) is 15.2. The van der Waals surface area contributed by atoms with E-state index in [-0.39, 0.29) is 11.8 Å². The van der Waals surface area contributed by atoms with Crippen molar-refractivity contribution in [2.45, 2.75) is 26.2 Å². The van der Waals surface area contributed by atoms with Crippen molar-refractivity contribution in [2.75, 3.05) is 19.7 Å². The largest absolute Gasteiger partial charge is 0.494 e. The SMILES string of the molecule is CCCCCOc1ccc(C(=O)NCCNC(=O)c2ccccc2)cc1. The highest BCUT2D eigenvalue weighted by molar-refractivity contribution is 5.95. The lowest BCUT2D eigenvalue weighted by molar-refractivity contribution is 0.0927. The molecule has 5 nitrogen and oxygen atoms in total. The van der Waals surface area contributed by atoms with E-state index in [0.29, 0.717) is 30.8 Å². The van der Waals surface area contributed by atoms with Gasteiger partial charge >= 0.3 is 0 Å². The second kappa shape index (κ2) is 10.9. The molecule has 2 rings (SSSR count). The van der Waals surface area contributed by atoms with Gasteiger partial charge in [0.1, 0.15) is 5.75 Å². The standard InChI is InChI=1S/C21H26N2O3/c1-2-3-7-16-26-19-12-10-18(11-13-19)21(25)23-15-14-22-20(24)17-8-5-4-6-9-17/h4-6,8-13H,2-3,7,14-16H2,1H3,(H,22,24)(H,23,25). The Hall–Kier alpha value is -2.82. The van der Waals surface area contributed by atoms with Crippen molar-refractivity contribution in [3.8, 4) is 5.75 Å². The van der Waals surface area contributed by atoms with Gasteiger partial charge in [-0.3, -0.25) is 9.59 Å². The molecule has 0 atom stereocenters. The van der Waals surface area contributed by atoms with Gasteiger partial charge < -0.3 is 15.4 Å². The van der Waals surface area contributed by atoms with Crippen LogP contribution in [0.3, 0.4) is 0 Å². The van der Waals surface area contributed by atoms with Crippen LogP contribution in [0, 0.1) is 0 Å². The number of amides is 2. The molecule has 26 heavy (non-hydrogen) atoms. The zero-order chi connectivity index (χ0) is 18.6. The molecule has 2 aromatic carbocycles. The van der Waals surface area contributed by atoms with E-state index in [4.69, 9.17) is 4.74 Å². The summed E-state index contributed by atoms with van der Waals surface area (Å²) in [6, 6.07) is 16.1. The highest BCUT2D eigenvalue weighted by Crippen LogP contribution is 2.12. The molecule has 2 aromatic rings. The van der Waals surface area contributed by atoms with Gasteiger partial charge in [0.15, 0.2) is 0 Å². The van der Waals surface area contributed by atoms with Crippen LogP contribution in [0.4, 0.5) is 0 Å². The molecule has 0 unspecified atom stereocenters. The van der Waals surface area contributed by atoms with E-state index in [0.717, 1.165) is 25.0 Å². The van der Waals surface area contributed by atoms with Crippen LogP contribution >= 0.6 is 0 Å². The normalized spacial score (nSPS) is 10.2. The molecule has 0 fully saturated rings. The molecular formula is C21H26N2O3. The Kier molecular flexibility index (Phi) is 8.19. The van der Waals surface area contributed by atoms with Crippen LogP contribution in [0.25, 0.3) is 0 Å². The summed E-state index contributed by atoms with van der Waals surface area (Å²) in [6.45, 7) is 3.59. The van der Waals surface area contributed by atoms with Crippen molar-refractivity contribution in [1.29, 1.82) is 0 Å². The predicted octanol–water partition coefficient (Wildman–Crippen LogP) is 3.42. The van der Waals surface area contributed by atoms with Crippen molar-refractivity contribution in [2.24, 2.45) is 0 Å². The molecule has 0 aliphatic rings. The minimum Gasteiger partial charge on any atom is -0.494 e. The van der Waals surface area contributed by atoms with E-state index >= 15 is 0 Å². The molecule has 5 heteroatoms. The molecule has 2 amide bonds. The molecule has 0 heterocycles. The lowest BCUT2D eigenvalue weighted by Crippen LogP contribution is -2.34. The van der Waals surface area contributed by atoms with Crippen molar-refractivity contribution in [3.63, 3.8) is 0 Å². The summed E-state index contributed by atoms with van der Waals surface area (Å²) in [7, 11) is 0. The lowest BCUT2D eigenvalue weighted by Gasteiger charge is -2.09. The third kappa shape index (κ3) is 6.59. The maximum absolute atomic E-state index is 12.1. The molecule has 2 N–H and O–H groups in total. The second-order valence-electron chi connectivity index (χ2n) is 5.96. The Balaban J connectivity index is 1.68. The minimum atomic E-state index is -0.170. The fourth-order valence-electron chi connectivity index (χ4n) is 2.39. The summed E-state index contributed by atoms with van der Waals surface area (Å²) < 4.78 is 5.63. The van der Waals surface area contributed by atoms with Gasteiger partial charge in [-0.05, 0) is 42.8 Å². The first-order chi connectivity index (χ1) is 12.7. The smallest absolute Gasteiger partial charge is 0.251 e. The van der Waals surface area contributed by atoms with Crippen LogP contribution in [0.1, 0.15) is 46.9 Å². The maximum atomic E-state index is 12.1. The van der Waals surface area contributed by atoms with E-state index in [1.165, 1.54) is 0 Å². The first kappa shape index (κ1) is 19.5. The van der Waals surface area contributed by atoms with E-state index in [2.05, 4.69) is 17.6 Å². The molecule has 0 spiro atoms. The van der Waals surface area contributed by atoms with Crippen LogP contribution < -0.4 is 15.4 Å². The molecule has 0 saturated carbocycles. The van der Waals surface area contributed by atoms with Crippen molar-refractivity contribution in [1.82, 2.24) is 10.6 Å². The Bertz CT molecular complexity index is 684. The van der Waals surface area contributed by atoms with Gasteiger partial charge in [0.2, 0.25) is 0 Å². The summed E-state index contributed by atoms with van der Waals surface area (Å²) in [5.74, 6) is 0.452. The number of unbranched alkanes of at least 4 members (excludes halogenated alkanes) is 2. The zero-order valence-corrected chi connectivity index (χ0v) is 15.2. The van der Waals surface area contributed by atoms with E-state index in [9.17, 15) is 9.59 Å². The number of carbonyl (C=O) groups is 2. The minimum absolute atomic E-state index is 0.149. The number of ether oxygens (including phenoxy) is 1. The van der Waals surface area contributed by atoms with Gasteiger partial charge in [-0.25, -0.2) is 0 Å². The van der Waals surface area contributed by atoms with Crippen LogP contribution in [0.5, 0.6) is 5.75 Å². The Morgan fingerprint density at radius 1 is 0.808 bits per heavy atom. The highest BCUT2D eigenvalue weighted by Gasteiger charge is 2.06. The van der Waals surface area contributed by atoms with Crippen LogP contribution in [-0.2, 0) is 0 Å². The number of carbonyl (C=O) groups excluding carboxylic acids is 2. The van der Waals surface area contributed by atoms with Gasteiger partial charge in [-0.2, -0.15) is 0 Å². The van der Waals surface area contributed by atoms with Crippen LogP contribution in [-0.4, -0.2) is 31.5 Å². The van der Waals surface area contributed by atoms with Crippen LogP contribution in [0.2, 0.25) is 0 Å². The molecule has 0 aliphatic heterocycles. The van der Waals surface area contributed by atoms with E-state index < -0.39 is 0 Å². The summed E-state index contributed by atoms with van der Waals surface area (Å²) in [6.07, 6.45) is 3.35. The summed E-state index contributed by atoms with van der Waals surface area (Å²) >= 11 is 0. The second-order valence-corrected chi connectivity index (χ2v) is 5.96. The maximum Gasteiger partial charge on any atom is 0.251 e. The molecule has 0 aliphatic carbocycles. The van der Waals surface area contributed by atoms with Crippen molar-refractivity contribution >= 4 is 11.8 Å². The van der Waals surface area contributed by atoms with Crippen molar-refractivity contribution < 1.29 is 14.3 Å².